The van der Waals surface area contributed by atoms with Gasteiger partial charge >= 0.3 is 0 Å². The van der Waals surface area contributed by atoms with Crippen LogP contribution in [0, 0.1) is 5.41 Å². The van der Waals surface area contributed by atoms with Gasteiger partial charge in [0.15, 0.2) is 0 Å². The fraction of sp³-hybridized carbons (Fsp3) is 0.846. The molecule has 0 radical (unpaired) electrons. The molecule has 0 aromatic carbocycles. The van der Waals surface area contributed by atoms with E-state index >= 15 is 0 Å². The average Bonchev–Trinajstić information content (AvgIpc) is 2.79. The minimum absolute atomic E-state index is 0.140. The minimum Gasteiger partial charge on any atom is -0.331 e. The van der Waals surface area contributed by atoms with Gasteiger partial charge in [0, 0.05) is 18.4 Å². The lowest BCUT2D eigenvalue weighted by Crippen LogP contribution is -2.60. The van der Waals surface area contributed by atoms with Gasteiger partial charge in [-0.25, -0.2) is 0 Å². The van der Waals surface area contributed by atoms with E-state index in [1.165, 1.54) is 19.3 Å². The Balaban J connectivity index is 1.73. The molecule has 3 rings (SSSR count). The second-order valence-corrected chi connectivity index (χ2v) is 6.49. The van der Waals surface area contributed by atoms with Gasteiger partial charge in [-0.2, -0.15) is 0 Å². The van der Waals surface area contributed by atoms with Gasteiger partial charge in [0.05, 0.1) is 6.54 Å². The van der Waals surface area contributed by atoms with E-state index in [4.69, 9.17) is 0 Å². The van der Waals surface area contributed by atoms with E-state index in [1.54, 1.807) is 4.90 Å². The molecule has 2 aliphatic heterocycles. The number of halogens is 1. The van der Waals surface area contributed by atoms with Gasteiger partial charge in [0.1, 0.15) is 6.04 Å². The predicted octanol–water partition coefficient (Wildman–Crippen LogP) is 1.38. The van der Waals surface area contributed by atoms with E-state index in [0.29, 0.717) is 6.54 Å². The second kappa shape index (κ2) is 4.51. The second-order valence-electron chi connectivity index (χ2n) is 5.93. The van der Waals surface area contributed by atoms with E-state index in [-0.39, 0.29) is 23.3 Å². The van der Waals surface area contributed by atoms with Gasteiger partial charge in [-0.05, 0) is 31.1 Å². The van der Waals surface area contributed by atoms with Crippen molar-refractivity contribution >= 4 is 27.7 Å². The van der Waals surface area contributed by atoms with Gasteiger partial charge in [-0.15, -0.1) is 0 Å². The molecule has 0 spiro atoms. The van der Waals surface area contributed by atoms with Crippen molar-refractivity contribution in [1.29, 1.82) is 0 Å². The standard InChI is InChI=1S/C13H19BrN2O2/c14-8-13(4-2-5-13)9-15-7-11(17)16-6-1-3-10(16)12(15)18/h10H,1-9H2. The molecular weight excluding hydrogens is 296 g/mol. The molecule has 0 N–H and O–H groups in total. The first kappa shape index (κ1) is 12.5. The van der Waals surface area contributed by atoms with Crippen molar-refractivity contribution in [2.24, 2.45) is 5.41 Å². The van der Waals surface area contributed by atoms with Crippen LogP contribution in [0.5, 0.6) is 0 Å². The Bertz CT molecular complexity index is 376. The van der Waals surface area contributed by atoms with Crippen LogP contribution in [0.4, 0.5) is 0 Å². The number of carbonyl (C=O) groups excluding carboxylic acids is 2. The largest absolute Gasteiger partial charge is 0.331 e. The van der Waals surface area contributed by atoms with Crippen LogP contribution < -0.4 is 0 Å². The molecule has 0 bridgehead atoms. The Hall–Kier alpha value is -0.580. The van der Waals surface area contributed by atoms with Gasteiger partial charge in [0.2, 0.25) is 11.8 Å². The summed E-state index contributed by atoms with van der Waals surface area (Å²) in [7, 11) is 0. The van der Waals surface area contributed by atoms with Crippen molar-refractivity contribution in [2.75, 3.05) is 25.0 Å². The average molecular weight is 315 g/mol. The van der Waals surface area contributed by atoms with Crippen LogP contribution in [0.2, 0.25) is 0 Å². The molecular formula is C13H19BrN2O2. The number of carbonyl (C=O) groups is 2. The summed E-state index contributed by atoms with van der Waals surface area (Å²) in [5.41, 5.74) is 0.233. The first-order valence-corrected chi connectivity index (χ1v) is 7.92. The van der Waals surface area contributed by atoms with Crippen molar-refractivity contribution in [3.05, 3.63) is 0 Å². The molecule has 2 amide bonds. The Morgan fingerprint density at radius 1 is 1.28 bits per heavy atom. The number of nitrogens with zero attached hydrogens (tertiary/aromatic N) is 2. The van der Waals surface area contributed by atoms with E-state index < -0.39 is 0 Å². The predicted molar refractivity (Wildman–Crippen MR) is 71.4 cm³/mol. The smallest absolute Gasteiger partial charge is 0.245 e. The van der Waals surface area contributed by atoms with Crippen molar-refractivity contribution in [1.82, 2.24) is 9.80 Å². The Kier molecular flexibility index (Phi) is 3.12. The lowest BCUT2D eigenvalue weighted by molar-refractivity contribution is -0.155. The maximum Gasteiger partial charge on any atom is 0.245 e. The number of piperazine rings is 1. The SMILES string of the molecule is O=C1C2CCCN2C(=O)CN1CC1(CBr)CCC1. The number of alkyl halides is 1. The zero-order valence-electron chi connectivity index (χ0n) is 10.5. The van der Waals surface area contributed by atoms with E-state index in [2.05, 4.69) is 15.9 Å². The highest BCUT2D eigenvalue weighted by atomic mass is 79.9. The highest BCUT2D eigenvalue weighted by Gasteiger charge is 2.45. The van der Waals surface area contributed by atoms with E-state index in [1.807, 2.05) is 4.90 Å². The van der Waals surface area contributed by atoms with Crippen LogP contribution in [0.1, 0.15) is 32.1 Å². The summed E-state index contributed by atoms with van der Waals surface area (Å²) in [6.07, 6.45) is 5.41. The minimum atomic E-state index is -0.154. The molecule has 2 heterocycles. The summed E-state index contributed by atoms with van der Waals surface area (Å²) < 4.78 is 0. The number of rotatable bonds is 3. The maximum atomic E-state index is 12.4. The highest BCUT2D eigenvalue weighted by molar-refractivity contribution is 9.09. The summed E-state index contributed by atoms with van der Waals surface area (Å²) in [6.45, 7) is 1.82. The van der Waals surface area contributed by atoms with Crippen molar-refractivity contribution < 1.29 is 9.59 Å². The summed E-state index contributed by atoms with van der Waals surface area (Å²) >= 11 is 3.57. The van der Waals surface area contributed by atoms with Crippen molar-refractivity contribution in [2.45, 2.75) is 38.1 Å². The number of amides is 2. The molecule has 0 aromatic heterocycles. The first-order chi connectivity index (χ1) is 8.65. The molecule has 18 heavy (non-hydrogen) atoms. The lowest BCUT2D eigenvalue weighted by atomic mass is 9.70. The van der Waals surface area contributed by atoms with Gasteiger partial charge in [-0.3, -0.25) is 9.59 Å². The highest BCUT2D eigenvalue weighted by Crippen LogP contribution is 2.43. The number of hydrogen-bond acceptors (Lipinski definition) is 2. The van der Waals surface area contributed by atoms with Crippen LogP contribution in [0.15, 0.2) is 0 Å². The third kappa shape index (κ3) is 1.87. The normalized spacial score (nSPS) is 30.4. The molecule has 2 saturated heterocycles. The fourth-order valence-electron chi connectivity index (χ4n) is 3.41. The summed E-state index contributed by atoms with van der Waals surface area (Å²) in [4.78, 5) is 28.0. The Morgan fingerprint density at radius 2 is 2.06 bits per heavy atom. The molecule has 3 aliphatic rings. The molecule has 100 valence electrons. The lowest BCUT2D eigenvalue weighted by Gasteiger charge is -2.46. The van der Waals surface area contributed by atoms with Gasteiger partial charge in [0.25, 0.3) is 0 Å². The van der Waals surface area contributed by atoms with Crippen molar-refractivity contribution in [3.63, 3.8) is 0 Å². The van der Waals surface area contributed by atoms with Crippen LogP contribution in [0.3, 0.4) is 0 Å². The van der Waals surface area contributed by atoms with Gasteiger partial charge in [-0.1, -0.05) is 22.4 Å². The van der Waals surface area contributed by atoms with Crippen LogP contribution in [-0.4, -0.2) is 52.6 Å². The molecule has 0 aromatic rings. The van der Waals surface area contributed by atoms with E-state index in [9.17, 15) is 9.59 Å². The van der Waals surface area contributed by atoms with Crippen molar-refractivity contribution in [3.8, 4) is 0 Å². The Labute approximate surface area is 116 Å². The maximum absolute atomic E-state index is 12.4. The molecule has 5 heteroatoms. The molecule has 1 atom stereocenters. The third-order valence-corrected chi connectivity index (χ3v) is 5.91. The third-order valence-electron chi connectivity index (χ3n) is 4.72. The summed E-state index contributed by atoms with van der Waals surface area (Å²) in [6, 6.07) is -0.154. The Morgan fingerprint density at radius 3 is 2.67 bits per heavy atom. The monoisotopic (exact) mass is 314 g/mol. The topological polar surface area (TPSA) is 40.6 Å². The zero-order valence-corrected chi connectivity index (χ0v) is 12.1. The van der Waals surface area contributed by atoms with E-state index in [0.717, 1.165) is 31.3 Å². The number of hydrogen-bond donors (Lipinski definition) is 0. The van der Waals surface area contributed by atoms with Crippen LogP contribution >= 0.6 is 15.9 Å². The molecule has 4 nitrogen and oxygen atoms in total. The molecule has 1 aliphatic carbocycles. The first-order valence-electron chi connectivity index (χ1n) is 6.79. The van der Waals surface area contributed by atoms with Gasteiger partial charge < -0.3 is 9.80 Å². The van der Waals surface area contributed by atoms with Crippen LogP contribution in [0.25, 0.3) is 0 Å². The summed E-state index contributed by atoms with van der Waals surface area (Å²) in [5.74, 6) is 0.320. The molecule has 1 saturated carbocycles. The fourth-order valence-corrected chi connectivity index (χ4v) is 4.15. The molecule has 1 unspecified atom stereocenters. The molecule has 3 fully saturated rings. The summed E-state index contributed by atoms with van der Waals surface area (Å²) in [5, 5.41) is 0.937. The van der Waals surface area contributed by atoms with Crippen LogP contribution in [-0.2, 0) is 9.59 Å². The number of fused-ring (bicyclic) bond motifs is 1. The zero-order chi connectivity index (χ0) is 12.8. The quantitative estimate of drug-likeness (QED) is 0.739.